The Bertz CT molecular complexity index is 884. The maximum atomic E-state index is 12.9. The maximum Gasteiger partial charge on any atom is 0.247 e. The summed E-state index contributed by atoms with van der Waals surface area (Å²) >= 11 is 0. The molecule has 2 aromatic carbocycles. The van der Waals surface area contributed by atoms with E-state index in [0.29, 0.717) is 12.3 Å². The molecule has 0 bridgehead atoms. The summed E-state index contributed by atoms with van der Waals surface area (Å²) in [6.07, 6.45) is 0. The summed E-state index contributed by atoms with van der Waals surface area (Å²) in [5, 5.41) is 0. The van der Waals surface area contributed by atoms with Gasteiger partial charge in [0.25, 0.3) is 0 Å². The number of nitrogens with zero attached hydrogens (tertiary/aromatic N) is 2. The average molecular weight is 392 g/mol. The van der Waals surface area contributed by atoms with Crippen LogP contribution in [0.3, 0.4) is 0 Å². The fraction of sp³-hybridized carbons (Fsp3) is 0.316. The zero-order valence-corrected chi connectivity index (χ0v) is 16.7. The summed E-state index contributed by atoms with van der Waals surface area (Å²) in [5.74, 6) is 0.259. The van der Waals surface area contributed by atoms with E-state index < -0.39 is 10.0 Å². The first-order chi connectivity index (χ1) is 12.8. The smallest absolute Gasteiger partial charge is 0.247 e. The second-order valence-electron chi connectivity index (χ2n) is 6.01. The van der Waals surface area contributed by atoms with Crippen molar-refractivity contribution >= 4 is 15.9 Å². The van der Waals surface area contributed by atoms with Crippen LogP contribution in [0.25, 0.3) is 0 Å². The maximum absolute atomic E-state index is 12.9. The minimum Gasteiger partial charge on any atom is -0.497 e. The number of benzene rings is 2. The van der Waals surface area contributed by atoms with E-state index in [1.807, 2.05) is 30.3 Å². The zero-order valence-electron chi connectivity index (χ0n) is 15.9. The number of ether oxygens (including phenoxy) is 2. The molecule has 0 unspecified atom stereocenters. The molecule has 2 aromatic rings. The van der Waals surface area contributed by atoms with E-state index in [1.54, 1.807) is 13.1 Å². The van der Waals surface area contributed by atoms with Crippen molar-refractivity contribution in [1.29, 1.82) is 0 Å². The van der Waals surface area contributed by atoms with Crippen molar-refractivity contribution in [2.75, 3.05) is 34.9 Å². The Hall–Kier alpha value is -2.58. The molecule has 0 radical (unpaired) electrons. The Morgan fingerprint density at radius 3 is 2.26 bits per heavy atom. The van der Waals surface area contributed by atoms with Gasteiger partial charge in [0.2, 0.25) is 15.9 Å². The Labute approximate surface area is 160 Å². The van der Waals surface area contributed by atoms with Gasteiger partial charge in [0.05, 0.1) is 20.8 Å². The van der Waals surface area contributed by atoms with E-state index in [4.69, 9.17) is 9.47 Å². The zero-order chi connectivity index (χ0) is 20.0. The molecule has 0 aliphatic rings. The molecule has 0 atom stereocenters. The fourth-order valence-corrected chi connectivity index (χ4v) is 3.78. The van der Waals surface area contributed by atoms with Crippen molar-refractivity contribution in [2.45, 2.75) is 11.4 Å². The normalized spacial score (nSPS) is 11.3. The third-order valence-electron chi connectivity index (χ3n) is 4.11. The van der Waals surface area contributed by atoms with Crippen LogP contribution >= 0.6 is 0 Å². The lowest BCUT2D eigenvalue weighted by molar-refractivity contribution is -0.130. The highest BCUT2D eigenvalue weighted by atomic mass is 32.2. The number of likely N-dealkylation sites (N-methyl/N-ethyl adjacent to an activating group) is 2. The SMILES string of the molecule is COc1ccc(OC)c(S(=O)(=O)N(C)CC(=O)N(C)Cc2ccccc2)c1. The van der Waals surface area contributed by atoms with Crippen LogP contribution in [0, 0.1) is 0 Å². The molecule has 0 aromatic heterocycles. The molecular formula is C19H24N2O5S. The van der Waals surface area contributed by atoms with Gasteiger partial charge in [0.1, 0.15) is 16.4 Å². The third-order valence-corrected chi connectivity index (χ3v) is 5.93. The molecule has 0 fully saturated rings. The molecule has 0 N–H and O–H groups in total. The number of methoxy groups -OCH3 is 2. The second-order valence-corrected chi connectivity index (χ2v) is 8.03. The summed E-state index contributed by atoms with van der Waals surface area (Å²) in [6, 6.07) is 14.0. The lowest BCUT2D eigenvalue weighted by atomic mass is 10.2. The molecule has 0 saturated heterocycles. The standard InChI is InChI=1S/C19H24N2O5S/c1-20(13-15-8-6-5-7-9-15)19(22)14-21(2)27(23,24)18-12-16(25-3)10-11-17(18)26-4/h5-12H,13-14H2,1-4H3. The summed E-state index contributed by atoms with van der Waals surface area (Å²) in [5.41, 5.74) is 0.966. The van der Waals surface area contributed by atoms with E-state index in [1.165, 1.54) is 38.3 Å². The first-order valence-electron chi connectivity index (χ1n) is 8.26. The number of amides is 1. The molecule has 8 heteroatoms. The van der Waals surface area contributed by atoms with E-state index >= 15 is 0 Å². The molecular weight excluding hydrogens is 368 g/mol. The lowest BCUT2D eigenvalue weighted by Gasteiger charge is -2.23. The van der Waals surface area contributed by atoms with Crippen molar-refractivity contribution in [1.82, 2.24) is 9.21 Å². The van der Waals surface area contributed by atoms with E-state index in [2.05, 4.69) is 0 Å². The van der Waals surface area contributed by atoms with Crippen LogP contribution in [0.1, 0.15) is 5.56 Å². The van der Waals surface area contributed by atoms with Crippen LogP contribution in [0.5, 0.6) is 11.5 Å². The van der Waals surface area contributed by atoms with Crippen molar-refractivity contribution in [3.8, 4) is 11.5 Å². The number of carbonyl (C=O) groups excluding carboxylic acids is 1. The molecule has 27 heavy (non-hydrogen) atoms. The van der Waals surface area contributed by atoms with Crippen molar-refractivity contribution in [3.63, 3.8) is 0 Å². The van der Waals surface area contributed by atoms with Gasteiger partial charge in [-0.05, 0) is 17.7 Å². The number of carbonyl (C=O) groups is 1. The molecule has 2 rings (SSSR count). The van der Waals surface area contributed by atoms with Crippen molar-refractivity contribution < 1.29 is 22.7 Å². The largest absolute Gasteiger partial charge is 0.497 e. The number of hydrogen-bond acceptors (Lipinski definition) is 5. The second kappa shape index (κ2) is 8.88. The molecule has 0 aliphatic carbocycles. The van der Waals surface area contributed by atoms with Crippen LogP contribution in [0.15, 0.2) is 53.4 Å². The highest BCUT2D eigenvalue weighted by molar-refractivity contribution is 7.89. The molecule has 1 amide bonds. The van der Waals surface area contributed by atoms with Gasteiger partial charge >= 0.3 is 0 Å². The van der Waals surface area contributed by atoms with Gasteiger partial charge in [0.15, 0.2) is 0 Å². The van der Waals surface area contributed by atoms with E-state index in [0.717, 1.165) is 9.87 Å². The summed E-state index contributed by atoms with van der Waals surface area (Å²) in [4.78, 5) is 13.9. The topological polar surface area (TPSA) is 76.1 Å². The quantitative estimate of drug-likeness (QED) is 0.687. The predicted octanol–water partition coefficient (Wildman–Crippen LogP) is 1.98. The Morgan fingerprint density at radius 2 is 1.67 bits per heavy atom. The van der Waals surface area contributed by atoms with Crippen LogP contribution in [0.2, 0.25) is 0 Å². The minimum atomic E-state index is -3.93. The molecule has 0 heterocycles. The van der Waals surface area contributed by atoms with Crippen LogP contribution in [-0.2, 0) is 21.4 Å². The van der Waals surface area contributed by atoms with Crippen LogP contribution < -0.4 is 9.47 Å². The van der Waals surface area contributed by atoms with Crippen molar-refractivity contribution in [3.05, 3.63) is 54.1 Å². The summed E-state index contributed by atoms with van der Waals surface area (Å²) < 4.78 is 37.1. The molecule has 146 valence electrons. The predicted molar refractivity (Wildman–Crippen MR) is 102 cm³/mol. The third kappa shape index (κ3) is 4.99. The van der Waals surface area contributed by atoms with E-state index in [9.17, 15) is 13.2 Å². The minimum absolute atomic E-state index is 0.0506. The first kappa shape index (κ1) is 20.7. The summed E-state index contributed by atoms with van der Waals surface area (Å²) in [6.45, 7) is 0.113. The van der Waals surface area contributed by atoms with Crippen molar-refractivity contribution in [2.24, 2.45) is 0 Å². The van der Waals surface area contributed by atoms with Gasteiger partial charge in [-0.2, -0.15) is 4.31 Å². The monoisotopic (exact) mass is 392 g/mol. The fourth-order valence-electron chi connectivity index (χ4n) is 2.50. The Kier molecular flexibility index (Phi) is 6.81. The number of sulfonamides is 1. The van der Waals surface area contributed by atoms with Gasteiger partial charge in [-0.3, -0.25) is 4.79 Å². The van der Waals surface area contributed by atoms with Crippen LogP contribution in [-0.4, -0.2) is 58.4 Å². The average Bonchev–Trinajstić information content (AvgIpc) is 2.67. The highest BCUT2D eigenvalue weighted by Gasteiger charge is 2.28. The molecule has 0 saturated carbocycles. The highest BCUT2D eigenvalue weighted by Crippen LogP contribution is 2.30. The summed E-state index contributed by atoms with van der Waals surface area (Å²) in [7, 11) is 1.91. The molecule has 7 nitrogen and oxygen atoms in total. The Balaban J connectivity index is 2.16. The van der Waals surface area contributed by atoms with Gasteiger partial charge in [-0.25, -0.2) is 8.42 Å². The lowest BCUT2D eigenvalue weighted by Crippen LogP contribution is -2.39. The van der Waals surface area contributed by atoms with Crippen LogP contribution in [0.4, 0.5) is 0 Å². The van der Waals surface area contributed by atoms with Gasteiger partial charge in [-0.15, -0.1) is 0 Å². The number of hydrogen-bond donors (Lipinski definition) is 0. The van der Waals surface area contributed by atoms with Gasteiger partial charge < -0.3 is 14.4 Å². The number of rotatable bonds is 8. The Morgan fingerprint density at radius 1 is 1.00 bits per heavy atom. The van der Waals surface area contributed by atoms with Gasteiger partial charge in [-0.1, -0.05) is 30.3 Å². The molecule has 0 spiro atoms. The van der Waals surface area contributed by atoms with Gasteiger partial charge in [0, 0.05) is 26.7 Å². The first-order valence-corrected chi connectivity index (χ1v) is 9.70. The molecule has 0 aliphatic heterocycles. The van der Waals surface area contributed by atoms with E-state index in [-0.39, 0.29) is 23.1 Å².